The summed E-state index contributed by atoms with van der Waals surface area (Å²) < 4.78 is 5.51. The summed E-state index contributed by atoms with van der Waals surface area (Å²) in [5, 5.41) is 0.477. The minimum absolute atomic E-state index is 0.384. The summed E-state index contributed by atoms with van der Waals surface area (Å²) in [4.78, 5) is 19.3. The Morgan fingerprint density at radius 3 is 2.45 bits per heavy atom. The lowest BCUT2D eigenvalue weighted by molar-refractivity contribution is 0.0734. The first-order valence-corrected chi connectivity index (χ1v) is 10.8. The third-order valence-electron chi connectivity index (χ3n) is 4.96. The molecule has 0 heterocycles. The van der Waals surface area contributed by atoms with Gasteiger partial charge in [0.25, 0.3) is 0 Å². The molecule has 0 N–H and O–H groups in total. The summed E-state index contributed by atoms with van der Waals surface area (Å²) in [6.45, 7) is 9.25. The van der Waals surface area contributed by atoms with Gasteiger partial charge in [-0.15, -0.1) is 0 Å². The standard InChI is InChI=1S/C26H27ClN2O2/c1-4-29(5-2)18-20-9-11-24(12-10-20)28-17-21-14-23(27)16-25(15-21)31-26(30)22-8-6-7-19(3)13-22/h6-17H,4-5,18H2,1-3H3. The number of hydrogen-bond donors (Lipinski definition) is 0. The first-order chi connectivity index (χ1) is 15.0. The van der Waals surface area contributed by atoms with Gasteiger partial charge in [0.1, 0.15) is 5.75 Å². The van der Waals surface area contributed by atoms with E-state index < -0.39 is 5.97 Å². The van der Waals surface area contributed by atoms with Gasteiger partial charge in [-0.3, -0.25) is 9.89 Å². The van der Waals surface area contributed by atoms with Crippen LogP contribution in [0.25, 0.3) is 0 Å². The van der Waals surface area contributed by atoms with E-state index in [0.717, 1.165) is 36.4 Å². The summed E-state index contributed by atoms with van der Waals surface area (Å²) >= 11 is 6.23. The lowest BCUT2D eigenvalue weighted by atomic mass is 10.1. The average Bonchev–Trinajstić information content (AvgIpc) is 2.76. The fourth-order valence-electron chi connectivity index (χ4n) is 3.20. The van der Waals surface area contributed by atoms with Crippen LogP contribution >= 0.6 is 11.6 Å². The van der Waals surface area contributed by atoms with E-state index in [0.29, 0.717) is 16.3 Å². The Balaban J connectivity index is 1.70. The van der Waals surface area contributed by atoms with Crippen LogP contribution in [-0.4, -0.2) is 30.2 Å². The molecule has 0 fully saturated rings. The molecule has 0 spiro atoms. The van der Waals surface area contributed by atoms with E-state index in [1.54, 1.807) is 36.5 Å². The SMILES string of the molecule is CCN(CC)Cc1ccc(N=Cc2cc(Cl)cc(OC(=O)c3cccc(C)c3)c2)cc1. The van der Waals surface area contributed by atoms with E-state index in [1.165, 1.54) is 5.56 Å². The Morgan fingerprint density at radius 2 is 1.77 bits per heavy atom. The van der Waals surface area contributed by atoms with Crippen molar-refractivity contribution in [1.29, 1.82) is 0 Å². The summed E-state index contributed by atoms with van der Waals surface area (Å²) in [7, 11) is 0. The maximum Gasteiger partial charge on any atom is 0.343 e. The number of benzene rings is 3. The Morgan fingerprint density at radius 1 is 1.03 bits per heavy atom. The molecule has 0 aliphatic rings. The van der Waals surface area contributed by atoms with Crippen molar-refractivity contribution in [2.45, 2.75) is 27.3 Å². The fourth-order valence-corrected chi connectivity index (χ4v) is 3.43. The highest BCUT2D eigenvalue weighted by atomic mass is 35.5. The highest BCUT2D eigenvalue weighted by molar-refractivity contribution is 6.31. The number of nitrogens with zero attached hydrogens (tertiary/aromatic N) is 2. The first kappa shape index (κ1) is 22.7. The maximum atomic E-state index is 12.4. The van der Waals surface area contributed by atoms with Crippen LogP contribution in [0.1, 0.15) is 40.9 Å². The van der Waals surface area contributed by atoms with Gasteiger partial charge in [-0.2, -0.15) is 0 Å². The third-order valence-corrected chi connectivity index (χ3v) is 5.18. The van der Waals surface area contributed by atoms with Gasteiger partial charge < -0.3 is 4.74 Å². The number of carbonyl (C=O) groups is 1. The molecular weight excluding hydrogens is 408 g/mol. The molecular formula is C26H27ClN2O2. The second-order valence-corrected chi connectivity index (χ2v) is 7.80. The number of aliphatic imine (C=N–C) groups is 1. The second kappa shape index (κ2) is 10.9. The molecule has 0 aliphatic carbocycles. The maximum absolute atomic E-state index is 12.4. The molecule has 4 nitrogen and oxygen atoms in total. The fraction of sp³-hybridized carbons (Fsp3) is 0.231. The normalized spacial score (nSPS) is 11.3. The average molecular weight is 435 g/mol. The number of hydrogen-bond acceptors (Lipinski definition) is 4. The van der Waals surface area contributed by atoms with Crippen LogP contribution in [0.5, 0.6) is 5.75 Å². The summed E-state index contributed by atoms with van der Waals surface area (Å²) in [6, 6.07) is 20.6. The van der Waals surface area contributed by atoms with Gasteiger partial charge in [0.2, 0.25) is 0 Å². The zero-order valence-electron chi connectivity index (χ0n) is 18.1. The van der Waals surface area contributed by atoms with Crippen molar-refractivity contribution in [2.24, 2.45) is 4.99 Å². The number of carbonyl (C=O) groups excluding carboxylic acids is 1. The molecule has 3 aromatic rings. The van der Waals surface area contributed by atoms with Gasteiger partial charge in [0.05, 0.1) is 11.3 Å². The molecule has 0 saturated carbocycles. The van der Waals surface area contributed by atoms with Crippen molar-refractivity contribution in [1.82, 2.24) is 4.90 Å². The molecule has 160 valence electrons. The largest absolute Gasteiger partial charge is 0.423 e. The van der Waals surface area contributed by atoms with E-state index in [1.807, 2.05) is 31.2 Å². The Labute approximate surface area is 189 Å². The number of aryl methyl sites for hydroxylation is 1. The van der Waals surface area contributed by atoms with Crippen LogP contribution in [0.4, 0.5) is 5.69 Å². The lowest BCUT2D eigenvalue weighted by Crippen LogP contribution is -2.21. The van der Waals surface area contributed by atoms with Crippen molar-refractivity contribution >= 4 is 29.5 Å². The van der Waals surface area contributed by atoms with Crippen LogP contribution in [0.3, 0.4) is 0 Å². The molecule has 5 heteroatoms. The lowest BCUT2D eigenvalue weighted by Gasteiger charge is -2.17. The van der Waals surface area contributed by atoms with Gasteiger partial charge in [-0.1, -0.05) is 55.3 Å². The molecule has 3 rings (SSSR count). The molecule has 0 amide bonds. The zero-order valence-corrected chi connectivity index (χ0v) is 18.9. The van der Waals surface area contributed by atoms with Gasteiger partial charge in [0, 0.05) is 17.8 Å². The van der Waals surface area contributed by atoms with Crippen molar-refractivity contribution < 1.29 is 9.53 Å². The minimum atomic E-state index is -0.419. The molecule has 3 aromatic carbocycles. The number of rotatable bonds is 8. The number of halogens is 1. The topological polar surface area (TPSA) is 41.9 Å². The molecule has 0 radical (unpaired) electrons. The Kier molecular flexibility index (Phi) is 7.99. The highest BCUT2D eigenvalue weighted by Gasteiger charge is 2.10. The van der Waals surface area contributed by atoms with Crippen LogP contribution in [-0.2, 0) is 6.54 Å². The predicted octanol–water partition coefficient (Wildman–Crippen LogP) is 6.46. The van der Waals surface area contributed by atoms with Crippen molar-refractivity contribution in [2.75, 3.05) is 13.1 Å². The minimum Gasteiger partial charge on any atom is -0.423 e. The van der Waals surface area contributed by atoms with Crippen LogP contribution in [0, 0.1) is 6.92 Å². The Bertz CT molecular complexity index is 1060. The molecule has 0 aromatic heterocycles. The smallest absolute Gasteiger partial charge is 0.343 e. The van der Waals surface area contributed by atoms with Crippen molar-refractivity contribution in [3.8, 4) is 5.75 Å². The van der Waals surface area contributed by atoms with Crippen LogP contribution in [0.2, 0.25) is 5.02 Å². The molecule has 0 aliphatic heterocycles. The Hall–Kier alpha value is -2.95. The van der Waals surface area contributed by atoms with E-state index >= 15 is 0 Å². The second-order valence-electron chi connectivity index (χ2n) is 7.37. The monoisotopic (exact) mass is 434 g/mol. The molecule has 0 saturated heterocycles. The molecule has 0 unspecified atom stereocenters. The van der Waals surface area contributed by atoms with Crippen molar-refractivity contribution in [3.63, 3.8) is 0 Å². The van der Waals surface area contributed by atoms with Gasteiger partial charge in [-0.05, 0) is 73.6 Å². The van der Waals surface area contributed by atoms with Crippen LogP contribution in [0.15, 0.2) is 71.7 Å². The van der Waals surface area contributed by atoms with E-state index in [-0.39, 0.29) is 0 Å². The third kappa shape index (κ3) is 6.78. The van der Waals surface area contributed by atoms with Gasteiger partial charge in [-0.25, -0.2) is 4.79 Å². The number of ether oxygens (including phenoxy) is 1. The summed E-state index contributed by atoms with van der Waals surface area (Å²) in [5.41, 5.74) is 4.36. The van der Waals surface area contributed by atoms with Gasteiger partial charge >= 0.3 is 5.97 Å². The van der Waals surface area contributed by atoms with Crippen molar-refractivity contribution in [3.05, 3.63) is 94.0 Å². The quantitative estimate of drug-likeness (QED) is 0.232. The van der Waals surface area contributed by atoms with E-state index in [4.69, 9.17) is 16.3 Å². The van der Waals surface area contributed by atoms with Gasteiger partial charge in [0.15, 0.2) is 0 Å². The summed E-state index contributed by atoms with van der Waals surface area (Å²) in [6.07, 6.45) is 1.72. The molecule has 31 heavy (non-hydrogen) atoms. The van der Waals surface area contributed by atoms with Crippen LogP contribution < -0.4 is 4.74 Å². The summed E-state index contributed by atoms with van der Waals surface area (Å²) in [5.74, 6) is -0.0346. The van der Waals surface area contributed by atoms with E-state index in [2.05, 4.69) is 35.9 Å². The predicted molar refractivity (Wildman–Crippen MR) is 128 cm³/mol. The number of esters is 1. The zero-order chi connectivity index (χ0) is 22.2. The molecule has 0 bridgehead atoms. The highest BCUT2D eigenvalue weighted by Crippen LogP contribution is 2.22. The van der Waals surface area contributed by atoms with E-state index in [9.17, 15) is 4.79 Å². The first-order valence-electron chi connectivity index (χ1n) is 10.4. The molecule has 0 atom stereocenters.